The molecule has 3 heterocycles. The molecule has 2 amide bonds. The van der Waals surface area contributed by atoms with Gasteiger partial charge in [0.05, 0.1) is 19.1 Å². The van der Waals surface area contributed by atoms with E-state index in [1.54, 1.807) is 36.4 Å². The molecule has 0 bridgehead atoms. The molecule has 2 aliphatic heterocycles. The Morgan fingerprint density at radius 2 is 1.96 bits per heavy atom. The minimum atomic E-state index is -0.461. The molecule has 1 aromatic rings. The highest BCUT2D eigenvalue weighted by Gasteiger charge is 2.49. The molecule has 2 saturated heterocycles. The third-order valence-corrected chi connectivity index (χ3v) is 5.62. The summed E-state index contributed by atoms with van der Waals surface area (Å²) in [5.74, 6) is 0.0878. The van der Waals surface area contributed by atoms with Gasteiger partial charge < -0.3 is 14.2 Å². The van der Waals surface area contributed by atoms with E-state index in [-0.39, 0.29) is 18.4 Å². The summed E-state index contributed by atoms with van der Waals surface area (Å²) in [5.41, 5.74) is 0.704. The number of hydrogen-bond donors (Lipinski definition) is 0. The Kier molecular flexibility index (Phi) is 5.15. The zero-order valence-electron chi connectivity index (χ0n) is 15.4. The van der Waals surface area contributed by atoms with E-state index in [0.29, 0.717) is 6.54 Å². The molecule has 1 spiro atoms. The van der Waals surface area contributed by atoms with Crippen LogP contribution in [0.15, 0.2) is 23.0 Å². The van der Waals surface area contributed by atoms with Gasteiger partial charge in [-0.1, -0.05) is 0 Å². The Labute approximate surface area is 149 Å². The quantitative estimate of drug-likeness (QED) is 0.792. The van der Waals surface area contributed by atoms with Gasteiger partial charge in [-0.3, -0.25) is 19.4 Å². The Balaban J connectivity index is 1.65. The zero-order valence-corrected chi connectivity index (χ0v) is 15.4. The van der Waals surface area contributed by atoms with Crippen LogP contribution in [0.5, 0.6) is 0 Å². The zero-order chi connectivity index (χ0) is 18.0. The van der Waals surface area contributed by atoms with E-state index in [0.717, 1.165) is 44.6 Å². The second kappa shape index (κ2) is 7.17. The summed E-state index contributed by atoms with van der Waals surface area (Å²) in [5, 5.41) is 0. The van der Waals surface area contributed by atoms with Gasteiger partial charge in [0.15, 0.2) is 0 Å². The number of hydrogen-bond acceptors (Lipinski definition) is 5. The molecule has 0 atom stereocenters. The second-order valence-corrected chi connectivity index (χ2v) is 7.38. The molecule has 0 aliphatic carbocycles. The first-order valence-corrected chi connectivity index (χ1v) is 8.86. The van der Waals surface area contributed by atoms with Crippen molar-refractivity contribution in [2.75, 3.05) is 53.9 Å². The number of likely N-dealkylation sites (N-methyl/N-ethyl adjacent to an activating group) is 2. The van der Waals surface area contributed by atoms with E-state index >= 15 is 0 Å². The van der Waals surface area contributed by atoms with E-state index in [1.165, 1.54) is 0 Å². The first-order chi connectivity index (χ1) is 11.9. The van der Waals surface area contributed by atoms with Crippen LogP contribution >= 0.6 is 0 Å². The fourth-order valence-electron chi connectivity index (χ4n) is 3.82. The Bertz CT molecular complexity index is 606. The standard InChI is InChI=1S/C18H28N4O3/c1-19(2)16(23)13-22-10-9-20(3)18(17(22)24)5-7-21(8-6-18)12-15-4-11-25-14-15/h4,11,14H,5-10,12-13H2,1-3H3. The lowest BCUT2D eigenvalue weighted by Crippen LogP contribution is -2.68. The molecule has 0 saturated carbocycles. The van der Waals surface area contributed by atoms with E-state index in [4.69, 9.17) is 4.42 Å². The molecule has 0 N–H and O–H groups in total. The Morgan fingerprint density at radius 1 is 1.24 bits per heavy atom. The number of amides is 2. The topological polar surface area (TPSA) is 60.2 Å². The highest BCUT2D eigenvalue weighted by Crippen LogP contribution is 2.33. The molecular weight excluding hydrogens is 320 g/mol. The highest BCUT2D eigenvalue weighted by atomic mass is 16.3. The van der Waals surface area contributed by atoms with E-state index in [1.807, 2.05) is 13.1 Å². The molecule has 0 aromatic carbocycles. The SMILES string of the molecule is CN(C)C(=O)CN1CCN(C)C2(CCN(Cc3ccoc3)CC2)C1=O. The van der Waals surface area contributed by atoms with Crippen molar-refractivity contribution in [1.82, 2.24) is 19.6 Å². The van der Waals surface area contributed by atoms with Gasteiger partial charge in [-0.2, -0.15) is 0 Å². The lowest BCUT2D eigenvalue weighted by molar-refractivity contribution is -0.157. The Hall–Kier alpha value is -1.86. The molecule has 3 rings (SSSR count). The first-order valence-electron chi connectivity index (χ1n) is 8.86. The maximum atomic E-state index is 13.2. The second-order valence-electron chi connectivity index (χ2n) is 7.38. The van der Waals surface area contributed by atoms with Gasteiger partial charge in [0.2, 0.25) is 11.8 Å². The normalized spacial score (nSPS) is 21.7. The monoisotopic (exact) mass is 348 g/mol. The largest absolute Gasteiger partial charge is 0.472 e. The van der Waals surface area contributed by atoms with Crippen LogP contribution < -0.4 is 0 Å². The van der Waals surface area contributed by atoms with Crippen LogP contribution in [-0.4, -0.2) is 90.8 Å². The molecule has 2 fully saturated rings. The summed E-state index contributed by atoms with van der Waals surface area (Å²) in [6.45, 7) is 4.21. The van der Waals surface area contributed by atoms with Crippen LogP contribution in [0.1, 0.15) is 18.4 Å². The fourth-order valence-corrected chi connectivity index (χ4v) is 3.82. The number of furan rings is 1. The van der Waals surface area contributed by atoms with Crippen molar-refractivity contribution in [3.05, 3.63) is 24.2 Å². The van der Waals surface area contributed by atoms with Crippen molar-refractivity contribution in [2.45, 2.75) is 24.9 Å². The number of carbonyl (C=O) groups excluding carboxylic acids is 2. The molecular formula is C18H28N4O3. The van der Waals surface area contributed by atoms with Crippen LogP contribution in [-0.2, 0) is 16.1 Å². The summed E-state index contributed by atoms with van der Waals surface area (Å²) in [6.07, 6.45) is 5.06. The van der Waals surface area contributed by atoms with E-state index in [2.05, 4.69) is 9.80 Å². The molecule has 138 valence electrons. The third-order valence-electron chi connectivity index (χ3n) is 5.62. The van der Waals surface area contributed by atoms with Gasteiger partial charge >= 0.3 is 0 Å². The van der Waals surface area contributed by atoms with E-state index < -0.39 is 5.54 Å². The average Bonchev–Trinajstić information content (AvgIpc) is 3.10. The smallest absolute Gasteiger partial charge is 0.243 e. The number of piperazine rings is 1. The number of piperidine rings is 1. The lowest BCUT2D eigenvalue weighted by atomic mass is 9.82. The van der Waals surface area contributed by atoms with Crippen LogP contribution in [0.4, 0.5) is 0 Å². The summed E-state index contributed by atoms with van der Waals surface area (Å²) >= 11 is 0. The van der Waals surface area contributed by atoms with Crippen molar-refractivity contribution < 1.29 is 14.0 Å². The van der Waals surface area contributed by atoms with Crippen molar-refractivity contribution in [3.8, 4) is 0 Å². The average molecular weight is 348 g/mol. The fraction of sp³-hybridized carbons (Fsp3) is 0.667. The molecule has 7 heteroatoms. The summed E-state index contributed by atoms with van der Waals surface area (Å²) in [6, 6.07) is 1.98. The van der Waals surface area contributed by atoms with Gasteiger partial charge in [0.1, 0.15) is 5.54 Å². The number of carbonyl (C=O) groups is 2. The highest BCUT2D eigenvalue weighted by molar-refractivity contribution is 5.91. The molecule has 25 heavy (non-hydrogen) atoms. The Morgan fingerprint density at radius 3 is 2.56 bits per heavy atom. The van der Waals surface area contributed by atoms with Crippen molar-refractivity contribution in [3.63, 3.8) is 0 Å². The number of rotatable bonds is 4. The van der Waals surface area contributed by atoms with Crippen LogP contribution in [0.3, 0.4) is 0 Å². The molecule has 0 radical (unpaired) electrons. The summed E-state index contributed by atoms with van der Waals surface area (Å²) < 4.78 is 5.14. The number of nitrogens with zero attached hydrogens (tertiary/aromatic N) is 4. The van der Waals surface area contributed by atoms with Gasteiger partial charge in [-0.05, 0) is 26.0 Å². The maximum Gasteiger partial charge on any atom is 0.243 e. The summed E-state index contributed by atoms with van der Waals surface area (Å²) in [7, 11) is 5.49. The molecule has 0 unspecified atom stereocenters. The molecule has 2 aliphatic rings. The van der Waals surface area contributed by atoms with Crippen molar-refractivity contribution in [2.24, 2.45) is 0 Å². The van der Waals surface area contributed by atoms with Crippen LogP contribution in [0.2, 0.25) is 0 Å². The van der Waals surface area contributed by atoms with Gasteiger partial charge in [-0.25, -0.2) is 0 Å². The molecule has 1 aromatic heterocycles. The molecule has 7 nitrogen and oxygen atoms in total. The maximum absolute atomic E-state index is 13.2. The third kappa shape index (κ3) is 3.57. The number of likely N-dealkylation sites (tertiary alicyclic amines) is 1. The van der Waals surface area contributed by atoms with Crippen LogP contribution in [0.25, 0.3) is 0 Å². The van der Waals surface area contributed by atoms with Gasteiger partial charge in [0, 0.05) is 52.4 Å². The van der Waals surface area contributed by atoms with Gasteiger partial charge in [0.25, 0.3) is 0 Å². The van der Waals surface area contributed by atoms with E-state index in [9.17, 15) is 9.59 Å². The van der Waals surface area contributed by atoms with Crippen molar-refractivity contribution in [1.29, 1.82) is 0 Å². The predicted octanol–water partition coefficient (Wildman–Crippen LogP) is 0.476. The lowest BCUT2D eigenvalue weighted by Gasteiger charge is -2.51. The van der Waals surface area contributed by atoms with Crippen molar-refractivity contribution >= 4 is 11.8 Å². The first kappa shape index (κ1) is 17.9. The minimum absolute atomic E-state index is 0.0227. The minimum Gasteiger partial charge on any atom is -0.472 e. The summed E-state index contributed by atoms with van der Waals surface area (Å²) in [4.78, 5) is 33.1. The predicted molar refractivity (Wildman–Crippen MR) is 93.9 cm³/mol. The van der Waals surface area contributed by atoms with Gasteiger partial charge in [-0.15, -0.1) is 0 Å². The van der Waals surface area contributed by atoms with Crippen LogP contribution in [0, 0.1) is 0 Å².